The summed E-state index contributed by atoms with van der Waals surface area (Å²) in [5.74, 6) is -0.112. The van der Waals surface area contributed by atoms with Crippen LogP contribution in [-0.4, -0.2) is 16.4 Å². The van der Waals surface area contributed by atoms with Gasteiger partial charge in [0, 0.05) is 15.9 Å². The molecule has 0 saturated carbocycles. The Morgan fingerprint density at radius 3 is 2.58 bits per heavy atom. The molecular weight excluding hydrogens is 260 g/mol. The number of aromatic nitrogens is 1. The Kier molecular flexibility index (Phi) is 3.50. The molecule has 0 radical (unpaired) electrons. The fourth-order valence-corrected chi connectivity index (χ4v) is 2.06. The van der Waals surface area contributed by atoms with E-state index in [-0.39, 0.29) is 11.4 Å². The van der Waals surface area contributed by atoms with E-state index in [9.17, 15) is 4.79 Å². The van der Waals surface area contributed by atoms with E-state index in [1.54, 1.807) is 6.07 Å². The minimum atomic E-state index is -0.271. The van der Waals surface area contributed by atoms with Crippen LogP contribution in [0.2, 0.25) is 5.02 Å². The summed E-state index contributed by atoms with van der Waals surface area (Å²) in [4.78, 5) is 16.7. The zero-order chi connectivity index (χ0) is 14.2. The summed E-state index contributed by atoms with van der Waals surface area (Å²) in [6.45, 7) is 7.69. The van der Waals surface area contributed by atoms with E-state index in [0.29, 0.717) is 10.6 Å². The second-order valence-corrected chi connectivity index (χ2v) is 6.10. The zero-order valence-electron chi connectivity index (χ0n) is 11.5. The number of carbonyl (C=O) groups is 1. The lowest BCUT2D eigenvalue weighted by atomic mass is 10.1. The number of hydrogen-bond acceptors (Lipinski definition) is 2. The molecule has 0 atom stereocenters. The van der Waals surface area contributed by atoms with E-state index in [1.807, 2.05) is 45.9 Å². The smallest absolute Gasteiger partial charge is 0.253 e. The highest BCUT2D eigenvalue weighted by molar-refractivity contribution is 6.31. The van der Waals surface area contributed by atoms with Gasteiger partial charge in [0.1, 0.15) is 0 Å². The van der Waals surface area contributed by atoms with Crippen molar-refractivity contribution in [2.75, 3.05) is 0 Å². The van der Waals surface area contributed by atoms with Gasteiger partial charge in [-0.2, -0.15) is 0 Å². The first-order valence-electron chi connectivity index (χ1n) is 6.16. The van der Waals surface area contributed by atoms with Crippen LogP contribution in [0.25, 0.3) is 10.9 Å². The summed E-state index contributed by atoms with van der Waals surface area (Å²) >= 11 is 5.97. The highest BCUT2D eigenvalue weighted by Gasteiger charge is 2.18. The van der Waals surface area contributed by atoms with Crippen LogP contribution < -0.4 is 5.32 Å². The van der Waals surface area contributed by atoms with Gasteiger partial charge < -0.3 is 5.32 Å². The number of nitrogens with zero attached hydrogens (tertiary/aromatic N) is 1. The molecule has 0 spiro atoms. The topological polar surface area (TPSA) is 42.0 Å². The SMILES string of the molecule is Cc1nc2ccc(Cl)cc2cc1C(=O)NC(C)(C)C. The maximum absolute atomic E-state index is 12.2. The van der Waals surface area contributed by atoms with Crippen LogP contribution in [0.5, 0.6) is 0 Å². The van der Waals surface area contributed by atoms with Crippen LogP contribution in [0.3, 0.4) is 0 Å². The number of rotatable bonds is 1. The number of halogens is 1. The molecule has 0 fully saturated rings. The maximum atomic E-state index is 12.2. The molecule has 2 aromatic rings. The number of aryl methyl sites for hydroxylation is 1. The van der Waals surface area contributed by atoms with Gasteiger partial charge in [-0.15, -0.1) is 0 Å². The summed E-state index contributed by atoms with van der Waals surface area (Å²) in [7, 11) is 0. The highest BCUT2D eigenvalue weighted by atomic mass is 35.5. The molecule has 4 heteroatoms. The van der Waals surface area contributed by atoms with Crippen molar-refractivity contribution in [3.8, 4) is 0 Å². The molecule has 0 aliphatic heterocycles. The summed E-state index contributed by atoms with van der Waals surface area (Å²) in [5.41, 5.74) is 1.88. The fourth-order valence-electron chi connectivity index (χ4n) is 1.88. The van der Waals surface area contributed by atoms with Gasteiger partial charge in [0.15, 0.2) is 0 Å². The van der Waals surface area contributed by atoms with Crippen molar-refractivity contribution in [1.29, 1.82) is 0 Å². The van der Waals surface area contributed by atoms with Crippen molar-refractivity contribution in [3.63, 3.8) is 0 Å². The predicted octanol–water partition coefficient (Wildman–Crippen LogP) is 3.72. The van der Waals surface area contributed by atoms with E-state index in [2.05, 4.69) is 10.3 Å². The standard InChI is InChI=1S/C15H17ClN2O/c1-9-12(14(19)18-15(2,3)4)8-10-7-11(16)5-6-13(10)17-9/h5-8H,1-4H3,(H,18,19). The van der Waals surface area contributed by atoms with Crippen LogP contribution in [0.15, 0.2) is 24.3 Å². The lowest BCUT2D eigenvalue weighted by Crippen LogP contribution is -2.40. The number of hydrogen-bond donors (Lipinski definition) is 1. The zero-order valence-corrected chi connectivity index (χ0v) is 12.3. The molecule has 0 aliphatic carbocycles. The van der Waals surface area contributed by atoms with E-state index >= 15 is 0 Å². The fraction of sp³-hybridized carbons (Fsp3) is 0.333. The second-order valence-electron chi connectivity index (χ2n) is 5.66. The first-order valence-corrected chi connectivity index (χ1v) is 6.53. The normalized spacial score (nSPS) is 11.6. The number of amides is 1. The van der Waals surface area contributed by atoms with Crippen molar-refractivity contribution in [3.05, 3.63) is 40.5 Å². The van der Waals surface area contributed by atoms with Gasteiger partial charge in [0.05, 0.1) is 16.8 Å². The molecule has 1 aromatic heterocycles. The van der Waals surface area contributed by atoms with Crippen molar-refractivity contribution in [2.45, 2.75) is 33.2 Å². The Hall–Kier alpha value is -1.61. The molecule has 1 N–H and O–H groups in total. The molecule has 0 unspecified atom stereocenters. The molecule has 1 aromatic carbocycles. The Bertz CT molecular complexity index is 644. The lowest BCUT2D eigenvalue weighted by molar-refractivity contribution is 0.0918. The van der Waals surface area contributed by atoms with Gasteiger partial charge in [-0.25, -0.2) is 0 Å². The van der Waals surface area contributed by atoms with Crippen molar-refractivity contribution >= 4 is 28.4 Å². The monoisotopic (exact) mass is 276 g/mol. The van der Waals surface area contributed by atoms with Crippen LogP contribution in [0.4, 0.5) is 0 Å². The van der Waals surface area contributed by atoms with Gasteiger partial charge in [-0.3, -0.25) is 9.78 Å². The summed E-state index contributed by atoms with van der Waals surface area (Å²) < 4.78 is 0. The summed E-state index contributed by atoms with van der Waals surface area (Å²) in [6.07, 6.45) is 0. The van der Waals surface area contributed by atoms with Gasteiger partial charge >= 0.3 is 0 Å². The number of fused-ring (bicyclic) bond motifs is 1. The largest absolute Gasteiger partial charge is 0.347 e. The summed E-state index contributed by atoms with van der Waals surface area (Å²) in [5, 5.41) is 4.46. The molecule has 1 heterocycles. The minimum Gasteiger partial charge on any atom is -0.347 e. The molecule has 2 rings (SSSR count). The molecule has 0 saturated heterocycles. The van der Waals surface area contributed by atoms with Crippen LogP contribution in [0, 0.1) is 6.92 Å². The molecule has 0 bridgehead atoms. The van der Waals surface area contributed by atoms with E-state index in [0.717, 1.165) is 16.6 Å². The second kappa shape index (κ2) is 4.82. The third-order valence-corrected chi connectivity index (χ3v) is 2.94. The quantitative estimate of drug-likeness (QED) is 0.862. The van der Waals surface area contributed by atoms with Crippen molar-refractivity contribution in [1.82, 2.24) is 10.3 Å². The summed E-state index contributed by atoms with van der Waals surface area (Å²) in [6, 6.07) is 7.31. The number of benzene rings is 1. The van der Waals surface area contributed by atoms with E-state index in [1.165, 1.54) is 0 Å². The molecule has 3 nitrogen and oxygen atoms in total. The Morgan fingerprint density at radius 2 is 1.95 bits per heavy atom. The van der Waals surface area contributed by atoms with Gasteiger partial charge in [0.2, 0.25) is 0 Å². The first-order chi connectivity index (χ1) is 8.76. The minimum absolute atomic E-state index is 0.112. The number of nitrogens with one attached hydrogen (secondary N) is 1. The Labute approximate surface area is 118 Å². The predicted molar refractivity (Wildman–Crippen MR) is 78.7 cm³/mol. The Balaban J connectivity index is 2.48. The average Bonchev–Trinajstić information content (AvgIpc) is 2.26. The molecule has 0 aliphatic rings. The van der Waals surface area contributed by atoms with Gasteiger partial charge in [-0.1, -0.05) is 11.6 Å². The highest BCUT2D eigenvalue weighted by Crippen LogP contribution is 2.21. The van der Waals surface area contributed by atoms with Gasteiger partial charge in [0.25, 0.3) is 5.91 Å². The van der Waals surface area contributed by atoms with Gasteiger partial charge in [-0.05, 0) is 52.0 Å². The molecule has 19 heavy (non-hydrogen) atoms. The third-order valence-electron chi connectivity index (χ3n) is 2.70. The van der Waals surface area contributed by atoms with E-state index in [4.69, 9.17) is 11.6 Å². The molecular formula is C15H17ClN2O. The maximum Gasteiger partial charge on any atom is 0.253 e. The van der Waals surface area contributed by atoms with E-state index < -0.39 is 0 Å². The van der Waals surface area contributed by atoms with Crippen molar-refractivity contribution < 1.29 is 4.79 Å². The first kappa shape index (κ1) is 13.8. The van der Waals surface area contributed by atoms with Crippen LogP contribution >= 0.6 is 11.6 Å². The van der Waals surface area contributed by atoms with Crippen LogP contribution in [0.1, 0.15) is 36.8 Å². The lowest BCUT2D eigenvalue weighted by Gasteiger charge is -2.21. The molecule has 1 amide bonds. The average molecular weight is 277 g/mol. The van der Waals surface area contributed by atoms with Crippen molar-refractivity contribution in [2.24, 2.45) is 0 Å². The Morgan fingerprint density at radius 1 is 1.26 bits per heavy atom. The van der Waals surface area contributed by atoms with Crippen LogP contribution in [-0.2, 0) is 0 Å². The third kappa shape index (κ3) is 3.24. The molecule has 100 valence electrons. The number of carbonyl (C=O) groups excluding carboxylic acids is 1. The number of pyridine rings is 1.